The van der Waals surface area contributed by atoms with E-state index in [2.05, 4.69) is 27.0 Å². The van der Waals surface area contributed by atoms with E-state index in [1.54, 1.807) is 0 Å². The van der Waals surface area contributed by atoms with Gasteiger partial charge in [0.1, 0.15) is 0 Å². The van der Waals surface area contributed by atoms with E-state index in [4.69, 9.17) is 21.2 Å². The molecule has 0 fully saturated rings. The van der Waals surface area contributed by atoms with Gasteiger partial charge in [0.2, 0.25) is 11.2 Å². The fourth-order valence-electron chi connectivity index (χ4n) is 3.33. The SMILES string of the molecule is CCCCCn1c(=O)n(CCCCc2noc(CCCO)n2)c(=O)c2[nH]c(Cl)nc21. The molecule has 0 aromatic carbocycles. The smallest absolute Gasteiger partial charge is 0.332 e. The van der Waals surface area contributed by atoms with E-state index in [-0.39, 0.29) is 29.6 Å². The Labute approximate surface area is 177 Å². The molecule has 11 heteroatoms. The molecule has 0 spiro atoms. The Bertz CT molecular complexity index is 1080. The highest BCUT2D eigenvalue weighted by molar-refractivity contribution is 6.28. The molecule has 0 saturated carbocycles. The molecule has 3 heterocycles. The Balaban J connectivity index is 1.70. The molecule has 2 N–H and O–H groups in total. The molecule has 0 atom stereocenters. The predicted octanol–water partition coefficient (Wildman–Crippen LogP) is 2.06. The molecule has 0 aliphatic rings. The zero-order valence-corrected chi connectivity index (χ0v) is 17.8. The minimum atomic E-state index is -0.410. The van der Waals surface area contributed by atoms with Crippen molar-refractivity contribution in [3.8, 4) is 0 Å². The van der Waals surface area contributed by atoms with E-state index in [0.717, 1.165) is 19.3 Å². The van der Waals surface area contributed by atoms with Gasteiger partial charge in [-0.3, -0.25) is 13.9 Å². The standard InChI is InChI=1S/C19H27ClN6O4/c1-2-3-5-10-25-16-15(22-18(20)23-16)17(28)26(19(25)29)11-6-4-8-13-21-14(30-24-13)9-7-12-27/h27H,2-12H2,1H3,(H,22,23). The molecule has 30 heavy (non-hydrogen) atoms. The van der Waals surface area contributed by atoms with E-state index >= 15 is 0 Å². The van der Waals surface area contributed by atoms with Crippen LogP contribution in [0.5, 0.6) is 0 Å². The number of H-pyrrole nitrogens is 1. The molecular formula is C19H27ClN6O4. The molecule has 0 aliphatic heterocycles. The Kier molecular flexibility index (Phi) is 7.81. The Morgan fingerprint density at radius 1 is 1.03 bits per heavy atom. The number of imidazole rings is 1. The summed E-state index contributed by atoms with van der Waals surface area (Å²) in [6.45, 7) is 2.94. The highest BCUT2D eigenvalue weighted by atomic mass is 35.5. The van der Waals surface area contributed by atoms with Crippen molar-refractivity contribution < 1.29 is 9.63 Å². The Morgan fingerprint density at radius 3 is 2.57 bits per heavy atom. The molecule has 10 nitrogen and oxygen atoms in total. The number of aryl methyl sites for hydroxylation is 3. The highest BCUT2D eigenvalue weighted by Gasteiger charge is 2.16. The molecule has 164 valence electrons. The van der Waals surface area contributed by atoms with Gasteiger partial charge in [0.15, 0.2) is 17.0 Å². The maximum atomic E-state index is 12.9. The maximum absolute atomic E-state index is 12.9. The Morgan fingerprint density at radius 2 is 1.80 bits per heavy atom. The maximum Gasteiger partial charge on any atom is 0.332 e. The number of fused-ring (bicyclic) bond motifs is 1. The van der Waals surface area contributed by atoms with Crippen molar-refractivity contribution in [2.75, 3.05) is 6.61 Å². The minimum absolute atomic E-state index is 0.0777. The van der Waals surface area contributed by atoms with Gasteiger partial charge in [0.25, 0.3) is 5.56 Å². The van der Waals surface area contributed by atoms with Gasteiger partial charge in [-0.05, 0) is 37.3 Å². The molecule has 3 aromatic heterocycles. The summed E-state index contributed by atoms with van der Waals surface area (Å²) in [4.78, 5) is 36.9. The third-order valence-corrected chi connectivity index (χ3v) is 5.09. The first-order chi connectivity index (χ1) is 14.5. The lowest BCUT2D eigenvalue weighted by atomic mass is 10.2. The van der Waals surface area contributed by atoms with Gasteiger partial charge in [-0.25, -0.2) is 4.79 Å². The fraction of sp³-hybridized carbons (Fsp3) is 0.632. The molecule has 0 unspecified atom stereocenters. The van der Waals surface area contributed by atoms with Crippen molar-refractivity contribution in [3.05, 3.63) is 37.8 Å². The quantitative estimate of drug-likeness (QED) is 0.326. The van der Waals surface area contributed by atoms with Gasteiger partial charge in [0.05, 0.1) is 0 Å². The highest BCUT2D eigenvalue weighted by Crippen LogP contribution is 2.11. The van der Waals surface area contributed by atoms with Gasteiger partial charge < -0.3 is 14.6 Å². The van der Waals surface area contributed by atoms with E-state index < -0.39 is 5.56 Å². The first kappa shape index (κ1) is 22.2. The van der Waals surface area contributed by atoms with Crippen LogP contribution in [0.4, 0.5) is 0 Å². The van der Waals surface area contributed by atoms with Gasteiger partial charge in [0, 0.05) is 32.5 Å². The second-order valence-electron chi connectivity index (χ2n) is 7.21. The number of aliphatic hydroxyl groups is 1. The molecule has 0 radical (unpaired) electrons. The normalized spacial score (nSPS) is 11.6. The zero-order chi connectivity index (χ0) is 21.5. The van der Waals surface area contributed by atoms with Crippen LogP contribution in [0.3, 0.4) is 0 Å². The lowest BCUT2D eigenvalue weighted by Gasteiger charge is -2.11. The third kappa shape index (κ3) is 5.17. The van der Waals surface area contributed by atoms with Crippen LogP contribution in [0.2, 0.25) is 5.28 Å². The summed E-state index contributed by atoms with van der Waals surface area (Å²) >= 11 is 5.95. The summed E-state index contributed by atoms with van der Waals surface area (Å²) < 4.78 is 7.90. The summed E-state index contributed by atoms with van der Waals surface area (Å²) in [6, 6.07) is 0. The zero-order valence-electron chi connectivity index (χ0n) is 17.1. The molecule has 3 rings (SSSR count). The summed E-state index contributed by atoms with van der Waals surface area (Å²) in [5.74, 6) is 1.09. The van der Waals surface area contributed by atoms with E-state index in [9.17, 15) is 9.59 Å². The van der Waals surface area contributed by atoms with Gasteiger partial charge in [-0.15, -0.1) is 0 Å². The van der Waals surface area contributed by atoms with Crippen molar-refractivity contribution in [1.29, 1.82) is 0 Å². The van der Waals surface area contributed by atoms with Crippen LogP contribution < -0.4 is 11.2 Å². The van der Waals surface area contributed by atoms with E-state index in [1.807, 2.05) is 0 Å². The number of nitrogens with one attached hydrogen (secondary N) is 1. The number of hydrogen-bond acceptors (Lipinski definition) is 7. The molecule has 3 aromatic rings. The van der Waals surface area contributed by atoms with Crippen molar-refractivity contribution >= 4 is 22.8 Å². The average molecular weight is 439 g/mol. The van der Waals surface area contributed by atoms with Crippen LogP contribution in [0.25, 0.3) is 11.2 Å². The van der Waals surface area contributed by atoms with Crippen LogP contribution in [0.15, 0.2) is 14.1 Å². The third-order valence-electron chi connectivity index (χ3n) is 4.91. The number of aromatic nitrogens is 6. The van der Waals surface area contributed by atoms with Gasteiger partial charge in [-0.1, -0.05) is 24.9 Å². The number of unbranched alkanes of at least 4 members (excludes halogenated alkanes) is 3. The summed E-state index contributed by atoms with van der Waals surface area (Å²) in [6.07, 6.45) is 5.84. The predicted molar refractivity (Wildman–Crippen MR) is 112 cm³/mol. The van der Waals surface area contributed by atoms with Crippen LogP contribution >= 0.6 is 11.6 Å². The van der Waals surface area contributed by atoms with Gasteiger partial charge in [-0.2, -0.15) is 9.97 Å². The topological polar surface area (TPSA) is 132 Å². The van der Waals surface area contributed by atoms with Crippen LogP contribution in [-0.4, -0.2) is 41.0 Å². The summed E-state index contributed by atoms with van der Waals surface area (Å²) in [5.41, 5.74) is -0.211. The first-order valence-corrected chi connectivity index (χ1v) is 10.7. The minimum Gasteiger partial charge on any atom is -0.396 e. The fourth-order valence-corrected chi connectivity index (χ4v) is 3.51. The van der Waals surface area contributed by atoms with Crippen molar-refractivity contribution in [2.45, 2.75) is 71.4 Å². The second kappa shape index (κ2) is 10.5. The molecule has 0 bridgehead atoms. The van der Waals surface area contributed by atoms with Gasteiger partial charge >= 0.3 is 5.69 Å². The van der Waals surface area contributed by atoms with E-state index in [1.165, 1.54) is 9.13 Å². The number of hydrogen-bond donors (Lipinski definition) is 2. The molecule has 0 saturated heterocycles. The number of rotatable bonds is 12. The molecule has 0 aliphatic carbocycles. The number of nitrogens with zero attached hydrogens (tertiary/aromatic N) is 5. The number of halogens is 1. The van der Waals surface area contributed by atoms with Crippen molar-refractivity contribution in [3.63, 3.8) is 0 Å². The number of aliphatic hydroxyl groups excluding tert-OH is 1. The average Bonchev–Trinajstić information content (AvgIpc) is 3.34. The second-order valence-corrected chi connectivity index (χ2v) is 7.57. The molecule has 0 amide bonds. The van der Waals surface area contributed by atoms with Crippen LogP contribution in [0.1, 0.15) is 57.2 Å². The lowest BCUT2D eigenvalue weighted by molar-refractivity contribution is 0.278. The van der Waals surface area contributed by atoms with Crippen LogP contribution in [0, 0.1) is 0 Å². The van der Waals surface area contributed by atoms with E-state index in [0.29, 0.717) is 56.0 Å². The summed E-state index contributed by atoms with van der Waals surface area (Å²) in [5, 5.41) is 12.9. The lowest BCUT2D eigenvalue weighted by Crippen LogP contribution is -2.40. The number of aromatic amines is 1. The largest absolute Gasteiger partial charge is 0.396 e. The Hall–Kier alpha value is -2.46. The first-order valence-electron chi connectivity index (χ1n) is 10.4. The molecular weight excluding hydrogens is 412 g/mol. The van der Waals surface area contributed by atoms with Crippen molar-refractivity contribution in [1.82, 2.24) is 29.2 Å². The van der Waals surface area contributed by atoms with Crippen molar-refractivity contribution in [2.24, 2.45) is 0 Å². The summed E-state index contributed by atoms with van der Waals surface area (Å²) in [7, 11) is 0. The van der Waals surface area contributed by atoms with Crippen LogP contribution in [-0.2, 0) is 25.9 Å². The monoisotopic (exact) mass is 438 g/mol.